The van der Waals surface area contributed by atoms with Crippen molar-refractivity contribution in [1.29, 1.82) is 0 Å². The van der Waals surface area contributed by atoms with Crippen molar-refractivity contribution in [1.82, 2.24) is 5.32 Å². The molecule has 0 aliphatic carbocycles. The Morgan fingerprint density at radius 3 is 2.43 bits per heavy atom. The minimum Gasteiger partial charge on any atom is -0.381 e. The second-order valence-electron chi connectivity index (χ2n) is 5.38. The third kappa shape index (κ3) is 3.25. The quantitative estimate of drug-likeness (QED) is 0.843. The van der Waals surface area contributed by atoms with Crippen molar-refractivity contribution in [3.8, 4) is 0 Å². The van der Waals surface area contributed by atoms with Crippen molar-refractivity contribution in [2.45, 2.75) is 19.8 Å². The summed E-state index contributed by atoms with van der Waals surface area (Å²) in [6.45, 7) is 3.21. The van der Waals surface area contributed by atoms with Gasteiger partial charge in [-0.05, 0) is 47.3 Å². The molecule has 0 saturated heterocycles. The van der Waals surface area contributed by atoms with Crippen LogP contribution in [0.4, 0.5) is 0 Å². The Morgan fingerprint density at radius 2 is 1.76 bits per heavy atom. The second-order valence-corrected chi connectivity index (χ2v) is 5.38. The first-order valence-electron chi connectivity index (χ1n) is 7.63. The van der Waals surface area contributed by atoms with E-state index in [4.69, 9.17) is 0 Å². The Balaban J connectivity index is 1.90. The van der Waals surface area contributed by atoms with E-state index in [1.165, 1.54) is 28.0 Å². The smallest absolute Gasteiger partial charge is 0.0353 e. The molecule has 1 nitrogen and oxygen atoms in total. The molecule has 2 aromatic carbocycles. The van der Waals surface area contributed by atoms with E-state index < -0.39 is 0 Å². The lowest BCUT2D eigenvalue weighted by Gasteiger charge is -2.20. The van der Waals surface area contributed by atoms with Crippen LogP contribution in [0.3, 0.4) is 0 Å². The lowest BCUT2D eigenvalue weighted by atomic mass is 9.96. The molecule has 1 heterocycles. The molecule has 1 heteroatoms. The van der Waals surface area contributed by atoms with Crippen molar-refractivity contribution in [3.05, 3.63) is 88.6 Å². The molecular formula is C20H21N. The zero-order valence-corrected chi connectivity index (χ0v) is 12.5. The molecule has 0 amide bonds. The van der Waals surface area contributed by atoms with Crippen molar-refractivity contribution < 1.29 is 0 Å². The first-order chi connectivity index (χ1) is 10.4. The number of allylic oxidation sites excluding steroid dienone is 1. The van der Waals surface area contributed by atoms with Crippen LogP contribution in [0.15, 0.2) is 71.9 Å². The third-order valence-electron chi connectivity index (χ3n) is 3.95. The van der Waals surface area contributed by atoms with Gasteiger partial charge in [-0.2, -0.15) is 0 Å². The predicted molar refractivity (Wildman–Crippen MR) is 90.0 cm³/mol. The van der Waals surface area contributed by atoms with E-state index in [0.29, 0.717) is 0 Å². The first kappa shape index (κ1) is 13.7. The molecule has 21 heavy (non-hydrogen) atoms. The SMILES string of the molecule is CC/C(=C\c1ccccc1Cc1ccccc1)C1=CCN1. The molecule has 0 bridgehead atoms. The van der Waals surface area contributed by atoms with E-state index in [2.05, 4.69) is 79.0 Å². The largest absolute Gasteiger partial charge is 0.381 e. The van der Waals surface area contributed by atoms with Crippen molar-refractivity contribution in [2.24, 2.45) is 0 Å². The fourth-order valence-corrected chi connectivity index (χ4v) is 2.66. The summed E-state index contributed by atoms with van der Waals surface area (Å²) >= 11 is 0. The Kier molecular flexibility index (Phi) is 4.20. The van der Waals surface area contributed by atoms with Gasteiger partial charge in [-0.25, -0.2) is 0 Å². The molecule has 0 saturated carbocycles. The van der Waals surface area contributed by atoms with Gasteiger partial charge in [-0.1, -0.05) is 61.5 Å². The van der Waals surface area contributed by atoms with Crippen LogP contribution >= 0.6 is 0 Å². The van der Waals surface area contributed by atoms with Crippen LogP contribution in [-0.4, -0.2) is 6.54 Å². The molecule has 106 valence electrons. The highest BCUT2D eigenvalue weighted by Gasteiger charge is 2.09. The minimum atomic E-state index is 0.983. The molecule has 1 aliphatic rings. The van der Waals surface area contributed by atoms with Gasteiger partial charge < -0.3 is 5.32 Å². The number of rotatable bonds is 5. The number of nitrogens with one attached hydrogen (secondary N) is 1. The fraction of sp³-hybridized carbons (Fsp3) is 0.200. The Hall–Kier alpha value is -2.28. The zero-order valence-electron chi connectivity index (χ0n) is 12.5. The van der Waals surface area contributed by atoms with Crippen molar-refractivity contribution in [2.75, 3.05) is 6.54 Å². The molecule has 0 radical (unpaired) electrons. The van der Waals surface area contributed by atoms with Crippen LogP contribution in [0.1, 0.15) is 30.0 Å². The monoisotopic (exact) mass is 275 g/mol. The van der Waals surface area contributed by atoms with E-state index in [1.807, 2.05) is 0 Å². The molecule has 0 fully saturated rings. The third-order valence-corrected chi connectivity index (χ3v) is 3.95. The average Bonchev–Trinajstić information content (AvgIpc) is 2.47. The highest BCUT2D eigenvalue weighted by molar-refractivity contribution is 5.62. The Morgan fingerprint density at radius 1 is 1.05 bits per heavy atom. The molecule has 2 aromatic rings. The standard InChI is InChI=1S/C20H21N/c1-2-17(20-12-13-21-20)15-19-11-7-6-10-18(19)14-16-8-4-3-5-9-16/h3-12,15,21H,2,13-14H2,1H3/b17-15+. The van der Waals surface area contributed by atoms with Gasteiger partial charge in [0.15, 0.2) is 0 Å². The summed E-state index contributed by atoms with van der Waals surface area (Å²) in [6.07, 6.45) is 6.63. The summed E-state index contributed by atoms with van der Waals surface area (Å²) in [5.41, 5.74) is 6.76. The van der Waals surface area contributed by atoms with E-state index in [-0.39, 0.29) is 0 Å². The van der Waals surface area contributed by atoms with Crippen molar-refractivity contribution >= 4 is 6.08 Å². The second kappa shape index (κ2) is 6.45. The number of benzene rings is 2. The maximum atomic E-state index is 3.38. The summed E-state index contributed by atoms with van der Waals surface area (Å²) in [5.74, 6) is 0. The van der Waals surface area contributed by atoms with Crippen LogP contribution in [0.2, 0.25) is 0 Å². The van der Waals surface area contributed by atoms with Gasteiger partial charge in [0, 0.05) is 12.2 Å². The lowest BCUT2D eigenvalue weighted by molar-refractivity contribution is 0.809. The average molecular weight is 275 g/mol. The van der Waals surface area contributed by atoms with E-state index in [1.54, 1.807) is 0 Å². The van der Waals surface area contributed by atoms with Gasteiger partial charge in [0.2, 0.25) is 0 Å². The fourth-order valence-electron chi connectivity index (χ4n) is 2.66. The molecule has 0 atom stereocenters. The topological polar surface area (TPSA) is 12.0 Å². The molecule has 0 unspecified atom stereocenters. The summed E-state index contributed by atoms with van der Waals surface area (Å²) in [7, 11) is 0. The van der Waals surface area contributed by atoms with Crippen LogP contribution in [-0.2, 0) is 6.42 Å². The molecule has 1 aliphatic heterocycles. The van der Waals surface area contributed by atoms with Gasteiger partial charge >= 0.3 is 0 Å². The lowest BCUT2D eigenvalue weighted by Crippen LogP contribution is -2.24. The number of hydrogen-bond donors (Lipinski definition) is 1. The zero-order chi connectivity index (χ0) is 14.5. The normalized spacial score (nSPS) is 14.1. The first-order valence-corrected chi connectivity index (χ1v) is 7.63. The van der Waals surface area contributed by atoms with Gasteiger partial charge in [-0.15, -0.1) is 0 Å². The minimum absolute atomic E-state index is 0.983. The maximum absolute atomic E-state index is 3.38. The van der Waals surface area contributed by atoms with E-state index >= 15 is 0 Å². The van der Waals surface area contributed by atoms with Gasteiger partial charge in [0.05, 0.1) is 0 Å². The maximum Gasteiger partial charge on any atom is 0.0353 e. The van der Waals surface area contributed by atoms with Crippen LogP contribution in [0.25, 0.3) is 6.08 Å². The molecule has 0 spiro atoms. The summed E-state index contributed by atoms with van der Waals surface area (Å²) < 4.78 is 0. The van der Waals surface area contributed by atoms with Gasteiger partial charge in [0.25, 0.3) is 0 Å². The van der Waals surface area contributed by atoms with Crippen LogP contribution in [0, 0.1) is 0 Å². The van der Waals surface area contributed by atoms with Crippen molar-refractivity contribution in [3.63, 3.8) is 0 Å². The highest BCUT2D eigenvalue weighted by atomic mass is 14.9. The van der Waals surface area contributed by atoms with Gasteiger partial charge in [-0.3, -0.25) is 0 Å². The summed E-state index contributed by atoms with van der Waals surface area (Å²) in [5, 5.41) is 3.38. The predicted octanol–water partition coefficient (Wildman–Crippen LogP) is 4.56. The highest BCUT2D eigenvalue weighted by Crippen LogP contribution is 2.22. The van der Waals surface area contributed by atoms with Crippen LogP contribution in [0.5, 0.6) is 0 Å². The van der Waals surface area contributed by atoms with Crippen LogP contribution < -0.4 is 5.32 Å². The molecule has 3 rings (SSSR count). The summed E-state index contributed by atoms with van der Waals surface area (Å²) in [6, 6.07) is 19.4. The molecule has 1 N–H and O–H groups in total. The van der Waals surface area contributed by atoms with Gasteiger partial charge in [0.1, 0.15) is 0 Å². The summed E-state index contributed by atoms with van der Waals surface area (Å²) in [4.78, 5) is 0. The van der Waals surface area contributed by atoms with E-state index in [0.717, 1.165) is 19.4 Å². The molecular weight excluding hydrogens is 254 g/mol. The molecule has 0 aromatic heterocycles. The Labute approximate surface area is 127 Å². The Bertz CT molecular complexity index is 665. The number of hydrogen-bond acceptors (Lipinski definition) is 1. The van der Waals surface area contributed by atoms with E-state index in [9.17, 15) is 0 Å².